The molecule has 1 fully saturated rings. The molecule has 2 rings (SSSR count). The van der Waals surface area contributed by atoms with Crippen LogP contribution in [-0.2, 0) is 10.0 Å². The van der Waals surface area contributed by atoms with Gasteiger partial charge in [-0.25, -0.2) is 13.6 Å². The molecule has 0 radical (unpaired) electrons. The number of rotatable bonds is 5. The number of benzene rings is 1. The Balaban J connectivity index is 2.08. The Bertz CT molecular complexity index is 628. The zero-order chi connectivity index (χ0) is 14.1. The summed E-state index contributed by atoms with van der Waals surface area (Å²) in [6.07, 6.45) is 2.52. The zero-order valence-corrected chi connectivity index (χ0v) is 11.5. The summed E-state index contributed by atoms with van der Waals surface area (Å²) in [5.74, 6) is 0.606. The molecule has 1 aliphatic carbocycles. The summed E-state index contributed by atoms with van der Waals surface area (Å²) in [6.45, 7) is 2.17. The van der Waals surface area contributed by atoms with Crippen molar-refractivity contribution in [3.8, 4) is 11.8 Å². The molecule has 0 heterocycles. The van der Waals surface area contributed by atoms with E-state index in [-0.39, 0.29) is 10.3 Å². The van der Waals surface area contributed by atoms with Crippen LogP contribution in [0.1, 0.15) is 24.8 Å². The average molecular weight is 280 g/mol. The first-order valence-corrected chi connectivity index (χ1v) is 7.54. The third-order valence-corrected chi connectivity index (χ3v) is 4.48. The zero-order valence-electron chi connectivity index (χ0n) is 10.7. The summed E-state index contributed by atoms with van der Waals surface area (Å²) in [6, 6.07) is 6.87. The minimum Gasteiger partial charge on any atom is -0.493 e. The molecular formula is C13H16N2O3S. The molecule has 1 saturated carbocycles. The Morgan fingerprint density at radius 2 is 2.16 bits per heavy atom. The lowest BCUT2D eigenvalue weighted by Crippen LogP contribution is -2.15. The third kappa shape index (κ3) is 3.25. The average Bonchev–Trinajstić information content (AvgIpc) is 3.06. The number of sulfonamides is 1. The van der Waals surface area contributed by atoms with Gasteiger partial charge in [0.1, 0.15) is 5.75 Å². The van der Waals surface area contributed by atoms with Crippen molar-refractivity contribution in [3.05, 3.63) is 23.8 Å². The van der Waals surface area contributed by atoms with Crippen molar-refractivity contribution in [1.29, 1.82) is 5.26 Å². The third-order valence-electron chi connectivity index (χ3n) is 3.41. The van der Waals surface area contributed by atoms with Crippen LogP contribution < -0.4 is 9.88 Å². The molecule has 0 saturated heterocycles. The van der Waals surface area contributed by atoms with Gasteiger partial charge in [0.25, 0.3) is 0 Å². The molecule has 0 unspecified atom stereocenters. The van der Waals surface area contributed by atoms with E-state index in [9.17, 15) is 8.42 Å². The predicted octanol–water partition coefficient (Wildman–Crippen LogP) is 1.72. The lowest BCUT2D eigenvalue weighted by molar-refractivity contribution is 0.236. The molecule has 0 spiro atoms. The standard InChI is InChI=1S/C13H16N2O3S/c1-10-8-11(2-3-12(10)19(15,16)17)18-9-13(4-5-13)6-7-14/h2-3,8H,4-6,9H2,1H3,(H2,15,16,17). The fourth-order valence-electron chi connectivity index (χ4n) is 1.98. The Hall–Kier alpha value is -1.58. The van der Waals surface area contributed by atoms with Crippen LogP contribution in [-0.4, -0.2) is 15.0 Å². The number of nitrogens with two attached hydrogens (primary N) is 1. The van der Waals surface area contributed by atoms with Crippen molar-refractivity contribution >= 4 is 10.0 Å². The number of hydrogen-bond acceptors (Lipinski definition) is 4. The van der Waals surface area contributed by atoms with E-state index in [1.165, 1.54) is 6.07 Å². The fraction of sp³-hybridized carbons (Fsp3) is 0.462. The van der Waals surface area contributed by atoms with Crippen LogP contribution in [0, 0.1) is 23.7 Å². The molecule has 1 aromatic rings. The van der Waals surface area contributed by atoms with E-state index < -0.39 is 10.0 Å². The molecular weight excluding hydrogens is 264 g/mol. The van der Waals surface area contributed by atoms with Crippen molar-refractivity contribution in [3.63, 3.8) is 0 Å². The lowest BCUT2D eigenvalue weighted by atomic mass is 10.1. The summed E-state index contributed by atoms with van der Waals surface area (Å²) < 4.78 is 28.2. The fourth-order valence-corrected chi connectivity index (χ4v) is 2.75. The van der Waals surface area contributed by atoms with Gasteiger partial charge in [-0.1, -0.05) is 0 Å². The van der Waals surface area contributed by atoms with E-state index in [1.54, 1.807) is 19.1 Å². The number of ether oxygens (including phenoxy) is 1. The monoisotopic (exact) mass is 280 g/mol. The Morgan fingerprint density at radius 1 is 1.47 bits per heavy atom. The molecule has 1 aromatic carbocycles. The Kier molecular flexibility index (Phi) is 3.52. The summed E-state index contributed by atoms with van der Waals surface area (Å²) >= 11 is 0. The van der Waals surface area contributed by atoms with E-state index in [1.807, 2.05) is 0 Å². The number of hydrogen-bond donors (Lipinski definition) is 1. The first-order chi connectivity index (χ1) is 8.86. The molecule has 5 nitrogen and oxygen atoms in total. The lowest BCUT2D eigenvalue weighted by Gasteiger charge is -2.14. The van der Waals surface area contributed by atoms with Crippen molar-refractivity contribution in [2.45, 2.75) is 31.1 Å². The quantitative estimate of drug-likeness (QED) is 0.888. The van der Waals surface area contributed by atoms with Crippen LogP contribution in [0.3, 0.4) is 0 Å². The highest BCUT2D eigenvalue weighted by Crippen LogP contribution is 2.48. The van der Waals surface area contributed by atoms with Gasteiger partial charge in [0.15, 0.2) is 0 Å². The Morgan fingerprint density at radius 3 is 2.63 bits per heavy atom. The normalized spacial score (nSPS) is 16.7. The maximum absolute atomic E-state index is 11.3. The maximum Gasteiger partial charge on any atom is 0.238 e. The van der Waals surface area contributed by atoms with Gasteiger partial charge in [-0.15, -0.1) is 0 Å². The Labute approximate surface area is 113 Å². The first-order valence-electron chi connectivity index (χ1n) is 6.00. The number of aryl methyl sites for hydroxylation is 1. The van der Waals surface area contributed by atoms with E-state index >= 15 is 0 Å². The van der Waals surface area contributed by atoms with Crippen LogP contribution in [0.2, 0.25) is 0 Å². The molecule has 0 aromatic heterocycles. The molecule has 0 amide bonds. The molecule has 102 valence electrons. The van der Waals surface area contributed by atoms with Gasteiger partial charge in [-0.2, -0.15) is 5.26 Å². The second-order valence-electron chi connectivity index (χ2n) is 5.10. The van der Waals surface area contributed by atoms with Gasteiger partial charge in [0, 0.05) is 11.8 Å². The summed E-state index contributed by atoms with van der Waals surface area (Å²) in [5.41, 5.74) is 0.562. The van der Waals surface area contributed by atoms with E-state index in [0.717, 1.165) is 12.8 Å². The highest BCUT2D eigenvalue weighted by molar-refractivity contribution is 7.89. The van der Waals surface area contributed by atoms with E-state index in [0.29, 0.717) is 24.3 Å². The largest absolute Gasteiger partial charge is 0.493 e. The molecule has 19 heavy (non-hydrogen) atoms. The summed E-state index contributed by atoms with van der Waals surface area (Å²) in [7, 11) is -3.69. The highest BCUT2D eigenvalue weighted by Gasteiger charge is 2.43. The van der Waals surface area contributed by atoms with Gasteiger partial charge in [0.05, 0.1) is 17.6 Å². The topological polar surface area (TPSA) is 93.2 Å². The predicted molar refractivity (Wildman–Crippen MR) is 69.9 cm³/mol. The van der Waals surface area contributed by atoms with Gasteiger partial charge in [-0.3, -0.25) is 0 Å². The maximum atomic E-state index is 11.3. The van der Waals surface area contributed by atoms with Crippen LogP contribution in [0.25, 0.3) is 0 Å². The molecule has 0 bridgehead atoms. The molecule has 6 heteroatoms. The number of nitriles is 1. The van der Waals surface area contributed by atoms with Gasteiger partial charge < -0.3 is 4.74 Å². The molecule has 0 aliphatic heterocycles. The molecule has 2 N–H and O–H groups in total. The van der Waals surface area contributed by atoms with E-state index in [4.69, 9.17) is 15.1 Å². The van der Waals surface area contributed by atoms with Crippen molar-refractivity contribution in [2.75, 3.05) is 6.61 Å². The van der Waals surface area contributed by atoms with Crippen molar-refractivity contribution < 1.29 is 13.2 Å². The number of primary sulfonamides is 1. The second-order valence-corrected chi connectivity index (χ2v) is 6.63. The summed E-state index contributed by atoms with van der Waals surface area (Å²) in [5, 5.41) is 13.8. The van der Waals surface area contributed by atoms with Crippen LogP contribution in [0.15, 0.2) is 23.1 Å². The molecule has 0 atom stereocenters. The van der Waals surface area contributed by atoms with Crippen LogP contribution >= 0.6 is 0 Å². The van der Waals surface area contributed by atoms with Gasteiger partial charge in [-0.05, 0) is 43.5 Å². The van der Waals surface area contributed by atoms with Crippen molar-refractivity contribution in [1.82, 2.24) is 0 Å². The molecule has 1 aliphatic rings. The van der Waals surface area contributed by atoms with Crippen molar-refractivity contribution in [2.24, 2.45) is 10.6 Å². The second kappa shape index (κ2) is 4.83. The minimum atomic E-state index is -3.69. The van der Waals surface area contributed by atoms with E-state index in [2.05, 4.69) is 6.07 Å². The van der Waals surface area contributed by atoms with Crippen LogP contribution in [0.5, 0.6) is 5.75 Å². The van der Waals surface area contributed by atoms with Gasteiger partial charge in [0.2, 0.25) is 10.0 Å². The van der Waals surface area contributed by atoms with Crippen LogP contribution in [0.4, 0.5) is 0 Å². The minimum absolute atomic E-state index is 0.00126. The smallest absolute Gasteiger partial charge is 0.238 e. The SMILES string of the molecule is Cc1cc(OCC2(CC#N)CC2)ccc1S(N)(=O)=O. The van der Waals surface area contributed by atoms with Gasteiger partial charge >= 0.3 is 0 Å². The number of nitrogens with zero attached hydrogens (tertiary/aromatic N) is 1. The first kappa shape index (κ1) is 13.8. The summed E-state index contributed by atoms with van der Waals surface area (Å²) in [4.78, 5) is 0.109. The highest BCUT2D eigenvalue weighted by atomic mass is 32.2.